The zero-order valence-electron chi connectivity index (χ0n) is 13.0. The number of aldehydes is 1. The van der Waals surface area contributed by atoms with Gasteiger partial charge in [0.05, 0.1) is 12.1 Å². The first-order valence-electron chi connectivity index (χ1n) is 7.14. The van der Waals surface area contributed by atoms with Crippen LogP contribution in [0.3, 0.4) is 0 Å². The van der Waals surface area contributed by atoms with Gasteiger partial charge in [0.15, 0.2) is 18.1 Å². The fourth-order valence-corrected chi connectivity index (χ4v) is 2.60. The molecule has 1 aromatic heterocycles. The van der Waals surface area contributed by atoms with Crippen molar-refractivity contribution >= 4 is 29.5 Å². The number of aromatic nitrogens is 2. The molecule has 0 aliphatic heterocycles. The summed E-state index contributed by atoms with van der Waals surface area (Å²) in [7, 11) is 1.49. The monoisotopic (exact) mass is 378 g/mol. The second-order valence-electron chi connectivity index (χ2n) is 4.95. The van der Waals surface area contributed by atoms with Gasteiger partial charge in [0.25, 0.3) is 5.89 Å². The SMILES string of the molecule is COc1cc(C=O)ccc1OCc1nc(-c2ccc(Cl)cc2Cl)no1. The number of nitrogens with zero attached hydrogens (tertiary/aromatic N) is 2. The standard InChI is InChI=1S/C17H12Cl2N2O4/c1-23-15-6-10(8-22)2-5-14(15)24-9-16-20-17(21-25-16)12-4-3-11(18)7-13(12)19/h2-8H,9H2,1H3. The minimum Gasteiger partial charge on any atom is -0.493 e. The van der Waals surface area contributed by atoms with Crippen molar-refractivity contribution in [3.63, 3.8) is 0 Å². The van der Waals surface area contributed by atoms with E-state index in [9.17, 15) is 4.79 Å². The third-order valence-electron chi connectivity index (χ3n) is 3.32. The summed E-state index contributed by atoms with van der Waals surface area (Å²) in [6.07, 6.45) is 0.729. The van der Waals surface area contributed by atoms with E-state index < -0.39 is 0 Å². The topological polar surface area (TPSA) is 74.5 Å². The Hall–Kier alpha value is -2.57. The number of carbonyl (C=O) groups is 1. The van der Waals surface area contributed by atoms with E-state index >= 15 is 0 Å². The predicted octanol–water partition coefficient (Wildman–Crippen LogP) is 4.44. The van der Waals surface area contributed by atoms with Crippen LogP contribution in [0.1, 0.15) is 16.2 Å². The van der Waals surface area contributed by atoms with Crippen LogP contribution >= 0.6 is 23.2 Å². The lowest BCUT2D eigenvalue weighted by Crippen LogP contribution is -1.98. The van der Waals surface area contributed by atoms with Crippen LogP contribution in [0.2, 0.25) is 10.0 Å². The van der Waals surface area contributed by atoms with Crippen molar-refractivity contribution in [3.05, 3.63) is 57.9 Å². The Morgan fingerprint density at radius 3 is 2.72 bits per heavy atom. The molecule has 128 valence electrons. The van der Waals surface area contributed by atoms with Crippen molar-refractivity contribution in [2.45, 2.75) is 6.61 Å². The summed E-state index contributed by atoms with van der Waals surface area (Å²) in [5, 5.41) is 4.83. The molecule has 25 heavy (non-hydrogen) atoms. The normalized spacial score (nSPS) is 10.5. The van der Waals surface area contributed by atoms with Gasteiger partial charge in [-0.15, -0.1) is 0 Å². The molecule has 0 N–H and O–H groups in total. The average molecular weight is 379 g/mol. The quantitative estimate of drug-likeness (QED) is 0.590. The van der Waals surface area contributed by atoms with Crippen molar-refractivity contribution in [2.24, 2.45) is 0 Å². The first-order valence-corrected chi connectivity index (χ1v) is 7.90. The Balaban J connectivity index is 1.75. The van der Waals surface area contributed by atoms with Gasteiger partial charge in [-0.3, -0.25) is 4.79 Å². The van der Waals surface area contributed by atoms with Crippen LogP contribution in [0.5, 0.6) is 11.5 Å². The second kappa shape index (κ2) is 7.55. The predicted molar refractivity (Wildman–Crippen MR) is 92.5 cm³/mol. The minimum absolute atomic E-state index is 0.0367. The second-order valence-corrected chi connectivity index (χ2v) is 5.80. The van der Waals surface area contributed by atoms with E-state index in [-0.39, 0.29) is 12.5 Å². The van der Waals surface area contributed by atoms with Gasteiger partial charge in [0.2, 0.25) is 5.82 Å². The van der Waals surface area contributed by atoms with Crippen LogP contribution in [-0.2, 0) is 6.61 Å². The molecule has 0 bridgehead atoms. The first kappa shape index (κ1) is 17.3. The summed E-state index contributed by atoms with van der Waals surface area (Å²) in [5.74, 6) is 1.49. The van der Waals surface area contributed by atoms with E-state index in [1.165, 1.54) is 7.11 Å². The van der Waals surface area contributed by atoms with Crippen LogP contribution in [0.25, 0.3) is 11.4 Å². The highest BCUT2D eigenvalue weighted by atomic mass is 35.5. The molecular formula is C17H12Cl2N2O4. The zero-order chi connectivity index (χ0) is 17.8. The first-order chi connectivity index (χ1) is 12.1. The molecule has 6 nitrogen and oxygen atoms in total. The van der Waals surface area contributed by atoms with E-state index in [1.54, 1.807) is 36.4 Å². The number of methoxy groups -OCH3 is 1. The van der Waals surface area contributed by atoms with E-state index in [1.807, 2.05) is 0 Å². The van der Waals surface area contributed by atoms with Gasteiger partial charge in [-0.2, -0.15) is 4.98 Å². The van der Waals surface area contributed by atoms with Gasteiger partial charge in [-0.25, -0.2) is 0 Å². The number of hydrogen-bond donors (Lipinski definition) is 0. The lowest BCUT2D eigenvalue weighted by molar-refractivity contribution is 0.112. The molecule has 0 spiro atoms. The molecule has 8 heteroatoms. The maximum absolute atomic E-state index is 10.8. The Kier molecular flexibility index (Phi) is 5.21. The summed E-state index contributed by atoms with van der Waals surface area (Å²) in [6.45, 7) is 0.0367. The van der Waals surface area contributed by atoms with Gasteiger partial charge >= 0.3 is 0 Å². The maximum Gasteiger partial charge on any atom is 0.264 e. The van der Waals surface area contributed by atoms with Crippen LogP contribution in [0, 0.1) is 0 Å². The lowest BCUT2D eigenvalue weighted by Gasteiger charge is -2.09. The highest BCUT2D eigenvalue weighted by Crippen LogP contribution is 2.30. The molecule has 3 aromatic rings. The number of ether oxygens (including phenoxy) is 2. The summed E-state index contributed by atoms with van der Waals surface area (Å²) in [5.41, 5.74) is 1.09. The van der Waals surface area contributed by atoms with Crippen molar-refractivity contribution in [2.75, 3.05) is 7.11 Å². The Morgan fingerprint density at radius 2 is 2.00 bits per heavy atom. The van der Waals surface area contributed by atoms with Crippen molar-refractivity contribution in [1.82, 2.24) is 10.1 Å². The summed E-state index contributed by atoms with van der Waals surface area (Å²) in [4.78, 5) is 15.1. The summed E-state index contributed by atoms with van der Waals surface area (Å²) in [6, 6.07) is 9.84. The third kappa shape index (κ3) is 3.92. The van der Waals surface area contributed by atoms with Crippen LogP contribution < -0.4 is 9.47 Å². The molecule has 1 heterocycles. The molecule has 0 aliphatic rings. The van der Waals surface area contributed by atoms with Gasteiger partial charge < -0.3 is 14.0 Å². The molecular weight excluding hydrogens is 367 g/mol. The molecule has 0 unspecified atom stereocenters. The fraction of sp³-hybridized carbons (Fsp3) is 0.118. The molecule has 0 fully saturated rings. The van der Waals surface area contributed by atoms with Gasteiger partial charge in [0, 0.05) is 16.1 Å². The molecule has 0 saturated heterocycles. The molecule has 0 aliphatic carbocycles. The van der Waals surface area contributed by atoms with E-state index in [0.717, 1.165) is 6.29 Å². The number of halogens is 2. The van der Waals surface area contributed by atoms with E-state index in [2.05, 4.69) is 10.1 Å². The number of benzene rings is 2. The lowest BCUT2D eigenvalue weighted by atomic mass is 10.2. The summed E-state index contributed by atoms with van der Waals surface area (Å²) >= 11 is 12.0. The van der Waals surface area contributed by atoms with E-state index in [4.69, 9.17) is 37.2 Å². The Morgan fingerprint density at radius 1 is 1.16 bits per heavy atom. The fourth-order valence-electron chi connectivity index (χ4n) is 2.11. The highest BCUT2D eigenvalue weighted by molar-refractivity contribution is 6.36. The molecule has 0 saturated carbocycles. The minimum atomic E-state index is 0.0367. The molecule has 3 rings (SSSR count). The van der Waals surface area contributed by atoms with Gasteiger partial charge in [-0.1, -0.05) is 28.4 Å². The van der Waals surface area contributed by atoms with Crippen LogP contribution in [0.15, 0.2) is 40.9 Å². The molecule has 0 atom stereocenters. The smallest absolute Gasteiger partial charge is 0.264 e. The number of carbonyl (C=O) groups excluding carboxylic acids is 1. The zero-order valence-corrected chi connectivity index (χ0v) is 14.5. The van der Waals surface area contributed by atoms with Crippen LogP contribution in [-0.4, -0.2) is 23.5 Å². The average Bonchev–Trinajstić information content (AvgIpc) is 3.08. The molecule has 2 aromatic carbocycles. The van der Waals surface area contributed by atoms with Gasteiger partial charge in [-0.05, 0) is 36.4 Å². The van der Waals surface area contributed by atoms with E-state index in [0.29, 0.717) is 38.5 Å². The highest BCUT2D eigenvalue weighted by Gasteiger charge is 2.14. The third-order valence-corrected chi connectivity index (χ3v) is 3.86. The number of rotatable bonds is 6. The molecule has 0 amide bonds. The van der Waals surface area contributed by atoms with Crippen molar-refractivity contribution < 1.29 is 18.8 Å². The van der Waals surface area contributed by atoms with Crippen molar-refractivity contribution in [3.8, 4) is 22.9 Å². The van der Waals surface area contributed by atoms with Crippen molar-refractivity contribution in [1.29, 1.82) is 0 Å². The Labute approximate surface area is 153 Å². The summed E-state index contributed by atoms with van der Waals surface area (Å²) < 4.78 is 16.0. The maximum atomic E-state index is 10.8. The largest absolute Gasteiger partial charge is 0.493 e. The van der Waals surface area contributed by atoms with Gasteiger partial charge in [0.1, 0.15) is 6.29 Å². The van der Waals surface area contributed by atoms with Crippen LogP contribution in [0.4, 0.5) is 0 Å². The molecule has 0 radical (unpaired) electrons. The Bertz CT molecular complexity index is 911. The number of hydrogen-bond acceptors (Lipinski definition) is 6.